The van der Waals surface area contributed by atoms with E-state index in [1.807, 2.05) is 10.2 Å². The number of aromatic nitrogens is 4. The quantitative estimate of drug-likeness (QED) is 0.558. The second kappa shape index (κ2) is 7.17. The topological polar surface area (TPSA) is 68.3 Å². The molecule has 4 heterocycles. The minimum Gasteiger partial charge on any atom is -0.388 e. The van der Waals surface area contributed by atoms with E-state index in [0.717, 1.165) is 54.6 Å². The molecule has 1 fully saturated rings. The van der Waals surface area contributed by atoms with E-state index in [1.54, 1.807) is 22.4 Å². The van der Waals surface area contributed by atoms with E-state index in [9.17, 15) is 5.11 Å². The van der Waals surface area contributed by atoms with E-state index in [1.165, 1.54) is 0 Å². The van der Waals surface area contributed by atoms with Crippen LogP contribution in [0.3, 0.4) is 0 Å². The predicted octanol–water partition coefficient (Wildman–Crippen LogP) is 3.11. The number of methoxy groups -OCH3 is 1. The van der Waals surface area contributed by atoms with Gasteiger partial charge in [-0.15, -0.1) is 0 Å². The van der Waals surface area contributed by atoms with Crippen LogP contribution >= 0.6 is 30.3 Å². The van der Waals surface area contributed by atoms with E-state index in [0.29, 0.717) is 5.82 Å². The number of halogens is 1. The maximum absolute atomic E-state index is 9.90. The van der Waals surface area contributed by atoms with Crippen LogP contribution in [-0.2, 0) is 11.3 Å². The van der Waals surface area contributed by atoms with Gasteiger partial charge in [0, 0.05) is 62.1 Å². The van der Waals surface area contributed by atoms with Crippen molar-refractivity contribution < 1.29 is 9.84 Å². The smallest absolute Gasteiger partial charge is 0.154 e. The van der Waals surface area contributed by atoms with Crippen LogP contribution in [0.5, 0.6) is 0 Å². The first-order valence-corrected chi connectivity index (χ1v) is 11.9. The largest absolute Gasteiger partial charge is 0.388 e. The molecule has 3 aromatic heterocycles. The Bertz CT molecular complexity index is 932. The molecule has 0 aliphatic carbocycles. The Kier molecular flexibility index (Phi) is 5.06. The fourth-order valence-electron chi connectivity index (χ4n) is 3.85. The van der Waals surface area contributed by atoms with Gasteiger partial charge in [-0.3, -0.25) is 3.97 Å². The van der Waals surface area contributed by atoms with Crippen LogP contribution in [0.25, 0.3) is 22.1 Å². The summed E-state index contributed by atoms with van der Waals surface area (Å²) in [6, 6.07) is 2.08. The summed E-state index contributed by atoms with van der Waals surface area (Å²) in [5.74, 6) is 0.666. The van der Waals surface area contributed by atoms with Crippen molar-refractivity contribution in [3.8, 4) is 0 Å². The SMILES string of the molecule is COCC1(C)CCN(n2c(CO)nc3cnc4c(ccn4SI)c32)CC1. The Balaban J connectivity index is 1.80. The van der Waals surface area contributed by atoms with Crippen molar-refractivity contribution >= 4 is 52.4 Å². The summed E-state index contributed by atoms with van der Waals surface area (Å²) >= 11 is 2.25. The van der Waals surface area contributed by atoms with Crippen LogP contribution in [0.15, 0.2) is 18.5 Å². The van der Waals surface area contributed by atoms with Gasteiger partial charge >= 0.3 is 0 Å². The maximum atomic E-state index is 9.90. The van der Waals surface area contributed by atoms with Gasteiger partial charge in [-0.2, -0.15) is 0 Å². The van der Waals surface area contributed by atoms with Gasteiger partial charge in [0.15, 0.2) is 11.5 Å². The second-order valence-corrected chi connectivity index (χ2v) is 8.85. The average molecular weight is 487 g/mol. The number of nitrogens with zero attached hydrogens (tertiary/aromatic N) is 5. The molecule has 1 N–H and O–H groups in total. The van der Waals surface area contributed by atoms with Gasteiger partial charge < -0.3 is 14.9 Å². The Morgan fingerprint density at radius 3 is 2.81 bits per heavy atom. The highest BCUT2D eigenvalue weighted by molar-refractivity contribution is 14.2. The lowest BCUT2D eigenvalue weighted by molar-refractivity contribution is 0.0690. The van der Waals surface area contributed by atoms with Gasteiger partial charge in [0.05, 0.1) is 12.8 Å². The van der Waals surface area contributed by atoms with Crippen molar-refractivity contribution in [2.75, 3.05) is 31.8 Å². The van der Waals surface area contributed by atoms with Gasteiger partial charge in [-0.25, -0.2) is 14.6 Å². The summed E-state index contributed by atoms with van der Waals surface area (Å²) in [6.07, 6.45) is 5.92. The Morgan fingerprint density at radius 2 is 2.15 bits per heavy atom. The highest BCUT2D eigenvalue weighted by atomic mass is 127. The molecule has 7 nitrogen and oxygen atoms in total. The molecule has 0 unspecified atom stereocenters. The van der Waals surface area contributed by atoms with Crippen LogP contribution in [0.4, 0.5) is 0 Å². The number of aliphatic hydroxyl groups is 1. The fourth-order valence-corrected chi connectivity index (χ4v) is 5.12. The molecule has 0 aromatic carbocycles. The fraction of sp³-hybridized carbons (Fsp3) is 0.529. The number of hydrogen-bond donors (Lipinski definition) is 1. The van der Waals surface area contributed by atoms with Crippen molar-refractivity contribution in [2.24, 2.45) is 5.41 Å². The third kappa shape index (κ3) is 2.98. The molecular weight excluding hydrogens is 465 g/mol. The number of rotatable bonds is 5. The maximum Gasteiger partial charge on any atom is 0.154 e. The molecule has 0 saturated carbocycles. The van der Waals surface area contributed by atoms with Gasteiger partial charge in [0.25, 0.3) is 0 Å². The molecular formula is C17H22IN5O2S. The second-order valence-electron chi connectivity index (χ2n) is 7.14. The van der Waals surface area contributed by atoms with E-state index in [-0.39, 0.29) is 12.0 Å². The van der Waals surface area contributed by atoms with Crippen LogP contribution in [0.1, 0.15) is 25.6 Å². The van der Waals surface area contributed by atoms with Crippen molar-refractivity contribution in [1.82, 2.24) is 18.6 Å². The van der Waals surface area contributed by atoms with Crippen LogP contribution in [0.2, 0.25) is 0 Å². The van der Waals surface area contributed by atoms with Crippen molar-refractivity contribution in [1.29, 1.82) is 0 Å². The Morgan fingerprint density at radius 1 is 1.38 bits per heavy atom. The molecule has 0 atom stereocenters. The molecule has 0 bridgehead atoms. The molecule has 1 aliphatic rings. The van der Waals surface area contributed by atoms with Gasteiger partial charge in [-0.05, 0) is 24.3 Å². The lowest BCUT2D eigenvalue weighted by Crippen LogP contribution is -2.46. The van der Waals surface area contributed by atoms with Crippen LogP contribution < -0.4 is 5.01 Å². The van der Waals surface area contributed by atoms with Crippen molar-refractivity contribution in [3.05, 3.63) is 24.3 Å². The van der Waals surface area contributed by atoms with Crippen molar-refractivity contribution in [3.63, 3.8) is 0 Å². The number of pyridine rings is 1. The zero-order chi connectivity index (χ0) is 18.3. The van der Waals surface area contributed by atoms with E-state index in [4.69, 9.17) is 4.74 Å². The summed E-state index contributed by atoms with van der Waals surface area (Å²) in [5.41, 5.74) is 2.98. The number of ether oxygens (including phenoxy) is 1. The predicted molar refractivity (Wildman–Crippen MR) is 113 cm³/mol. The zero-order valence-electron chi connectivity index (χ0n) is 14.9. The van der Waals surface area contributed by atoms with Gasteiger partial charge in [0.2, 0.25) is 0 Å². The standard InChI is InChI=1S/C17H22IN5O2S/c1-17(11-25-2)4-7-21(8-5-17)23-14(10-24)20-13-9-19-16-12(15(13)23)3-6-22(16)26-18/h3,6,9,24H,4-5,7-8,10-11H2,1-2H3. The Labute approximate surface area is 168 Å². The van der Waals surface area contributed by atoms with E-state index in [2.05, 4.69) is 53.8 Å². The average Bonchev–Trinajstić information content (AvgIpc) is 3.22. The highest BCUT2D eigenvalue weighted by Gasteiger charge is 2.32. The van der Waals surface area contributed by atoms with E-state index < -0.39 is 0 Å². The summed E-state index contributed by atoms with van der Waals surface area (Å²) in [5, 5.41) is 13.3. The molecule has 4 rings (SSSR count). The van der Waals surface area contributed by atoms with Crippen LogP contribution in [0, 0.1) is 5.41 Å². The third-order valence-electron chi connectivity index (χ3n) is 5.28. The monoisotopic (exact) mass is 487 g/mol. The van der Waals surface area contributed by atoms with Crippen LogP contribution in [-0.4, -0.2) is 50.5 Å². The van der Waals surface area contributed by atoms with Crippen molar-refractivity contribution in [2.45, 2.75) is 26.4 Å². The molecule has 3 aromatic rings. The molecule has 1 saturated heterocycles. The minimum atomic E-state index is -0.0935. The number of aliphatic hydroxyl groups excluding tert-OH is 1. The first kappa shape index (κ1) is 18.3. The highest BCUT2D eigenvalue weighted by Crippen LogP contribution is 2.34. The van der Waals surface area contributed by atoms with Gasteiger partial charge in [-0.1, -0.05) is 6.92 Å². The number of fused-ring (bicyclic) bond motifs is 3. The molecule has 9 heteroatoms. The summed E-state index contributed by atoms with van der Waals surface area (Å²) in [4.78, 5) is 9.20. The first-order valence-electron chi connectivity index (χ1n) is 8.62. The van der Waals surface area contributed by atoms with Gasteiger partial charge in [0.1, 0.15) is 17.6 Å². The molecule has 26 heavy (non-hydrogen) atoms. The third-order valence-corrected chi connectivity index (χ3v) is 6.99. The molecule has 1 aliphatic heterocycles. The van der Waals surface area contributed by atoms with E-state index >= 15 is 0 Å². The number of piperidine rings is 1. The number of hydrogen-bond acceptors (Lipinski definition) is 6. The number of imidazole rings is 1. The molecule has 0 amide bonds. The summed E-state index contributed by atoms with van der Waals surface area (Å²) < 4.78 is 9.55. The molecule has 0 radical (unpaired) electrons. The normalized spacial score (nSPS) is 17.5. The molecule has 140 valence electrons. The lowest BCUT2D eigenvalue weighted by Gasteiger charge is -2.40. The Hall–Kier alpha value is -1.04. The molecule has 0 spiro atoms. The summed E-state index contributed by atoms with van der Waals surface area (Å²) in [7, 11) is 3.36. The zero-order valence-corrected chi connectivity index (χ0v) is 17.8. The minimum absolute atomic E-state index is 0.0935. The lowest BCUT2D eigenvalue weighted by atomic mass is 9.82. The first-order chi connectivity index (χ1) is 12.6. The summed E-state index contributed by atoms with van der Waals surface area (Å²) in [6.45, 7) is 4.78.